The predicted molar refractivity (Wildman–Crippen MR) is 56.3 cm³/mol. The summed E-state index contributed by atoms with van der Waals surface area (Å²) in [6.07, 6.45) is 3.26. The maximum Gasteiger partial charge on any atom is 0.237 e. The Morgan fingerprint density at radius 2 is 2.14 bits per heavy atom. The highest BCUT2D eigenvalue weighted by Gasteiger charge is 2.24. The summed E-state index contributed by atoms with van der Waals surface area (Å²) in [5.41, 5.74) is 1.33. The summed E-state index contributed by atoms with van der Waals surface area (Å²) in [4.78, 5) is 11.3. The van der Waals surface area contributed by atoms with Gasteiger partial charge in [-0.1, -0.05) is 19.8 Å². The van der Waals surface area contributed by atoms with E-state index in [1.165, 1.54) is 0 Å². The SMILES string of the molecule is CCCCC(CC(C)(C)O)C(=O)NN. The van der Waals surface area contributed by atoms with Gasteiger partial charge in [-0.05, 0) is 26.7 Å². The highest BCUT2D eigenvalue weighted by molar-refractivity contribution is 5.78. The van der Waals surface area contributed by atoms with E-state index >= 15 is 0 Å². The fourth-order valence-electron chi connectivity index (χ4n) is 1.50. The molecule has 0 aliphatic carbocycles. The van der Waals surface area contributed by atoms with Crippen LogP contribution in [0, 0.1) is 5.92 Å². The van der Waals surface area contributed by atoms with E-state index in [0.29, 0.717) is 6.42 Å². The minimum absolute atomic E-state index is 0.180. The van der Waals surface area contributed by atoms with Gasteiger partial charge in [-0.15, -0.1) is 0 Å². The van der Waals surface area contributed by atoms with Crippen molar-refractivity contribution in [2.75, 3.05) is 0 Å². The van der Waals surface area contributed by atoms with Gasteiger partial charge in [0.25, 0.3) is 0 Å². The summed E-state index contributed by atoms with van der Waals surface area (Å²) in [6, 6.07) is 0. The lowest BCUT2D eigenvalue weighted by atomic mass is 9.89. The average Bonchev–Trinajstić information content (AvgIpc) is 2.09. The van der Waals surface area contributed by atoms with Crippen LogP contribution in [0.2, 0.25) is 0 Å². The summed E-state index contributed by atoms with van der Waals surface area (Å²) in [5.74, 6) is 4.72. The zero-order valence-electron chi connectivity index (χ0n) is 9.34. The maximum atomic E-state index is 11.3. The number of amides is 1. The molecule has 4 nitrogen and oxygen atoms in total. The highest BCUT2D eigenvalue weighted by Crippen LogP contribution is 2.21. The van der Waals surface area contributed by atoms with Gasteiger partial charge in [0.1, 0.15) is 0 Å². The van der Waals surface area contributed by atoms with Gasteiger partial charge in [-0.3, -0.25) is 10.2 Å². The molecular weight excluding hydrogens is 180 g/mol. The molecule has 0 heterocycles. The summed E-state index contributed by atoms with van der Waals surface area (Å²) in [5, 5.41) is 9.61. The van der Waals surface area contributed by atoms with Crippen molar-refractivity contribution in [1.29, 1.82) is 0 Å². The van der Waals surface area contributed by atoms with Crippen LogP contribution in [0.3, 0.4) is 0 Å². The molecule has 0 saturated carbocycles. The zero-order valence-corrected chi connectivity index (χ0v) is 9.34. The molecule has 1 unspecified atom stereocenters. The van der Waals surface area contributed by atoms with Crippen molar-refractivity contribution >= 4 is 5.91 Å². The molecule has 1 amide bonds. The Kier molecular flexibility index (Phi) is 5.72. The molecule has 0 aliphatic heterocycles. The fraction of sp³-hybridized carbons (Fsp3) is 0.900. The number of rotatable bonds is 6. The number of hydrogen-bond donors (Lipinski definition) is 3. The molecular formula is C10H22N2O2. The lowest BCUT2D eigenvalue weighted by Gasteiger charge is -2.23. The van der Waals surface area contributed by atoms with Crippen LogP contribution in [-0.4, -0.2) is 16.6 Å². The van der Waals surface area contributed by atoms with Gasteiger partial charge in [-0.2, -0.15) is 0 Å². The van der Waals surface area contributed by atoms with Crippen molar-refractivity contribution in [2.24, 2.45) is 11.8 Å². The molecule has 0 aromatic heterocycles. The van der Waals surface area contributed by atoms with Crippen molar-refractivity contribution in [3.05, 3.63) is 0 Å². The molecule has 4 heteroatoms. The summed E-state index contributed by atoms with van der Waals surface area (Å²) in [7, 11) is 0. The number of nitrogens with one attached hydrogen (secondary N) is 1. The molecule has 0 rings (SSSR count). The van der Waals surface area contributed by atoms with E-state index in [2.05, 4.69) is 12.3 Å². The van der Waals surface area contributed by atoms with Crippen LogP contribution in [0.5, 0.6) is 0 Å². The normalized spacial score (nSPS) is 13.8. The number of nitrogens with two attached hydrogens (primary N) is 1. The van der Waals surface area contributed by atoms with Gasteiger partial charge in [0, 0.05) is 5.92 Å². The molecule has 84 valence electrons. The number of unbranched alkanes of at least 4 members (excludes halogenated alkanes) is 1. The number of aliphatic hydroxyl groups is 1. The maximum absolute atomic E-state index is 11.3. The van der Waals surface area contributed by atoms with E-state index in [1.54, 1.807) is 13.8 Å². The van der Waals surface area contributed by atoms with Crippen molar-refractivity contribution in [3.8, 4) is 0 Å². The van der Waals surface area contributed by atoms with E-state index < -0.39 is 5.60 Å². The molecule has 0 radical (unpaired) electrons. The van der Waals surface area contributed by atoms with Gasteiger partial charge in [-0.25, -0.2) is 5.84 Å². The molecule has 0 aliphatic rings. The molecule has 0 bridgehead atoms. The van der Waals surface area contributed by atoms with Crippen LogP contribution in [0.15, 0.2) is 0 Å². The third-order valence-corrected chi connectivity index (χ3v) is 2.17. The van der Waals surface area contributed by atoms with Crippen LogP contribution < -0.4 is 11.3 Å². The second kappa shape index (κ2) is 5.98. The van der Waals surface area contributed by atoms with Crippen molar-refractivity contribution < 1.29 is 9.90 Å². The molecule has 14 heavy (non-hydrogen) atoms. The first-order chi connectivity index (χ1) is 6.40. The van der Waals surface area contributed by atoms with E-state index in [1.807, 2.05) is 0 Å². The Balaban J connectivity index is 4.18. The quantitative estimate of drug-likeness (QED) is 0.341. The fourth-order valence-corrected chi connectivity index (χ4v) is 1.50. The van der Waals surface area contributed by atoms with E-state index in [-0.39, 0.29) is 11.8 Å². The lowest BCUT2D eigenvalue weighted by Crippen LogP contribution is -2.39. The number of hydrazine groups is 1. The summed E-state index contributed by atoms with van der Waals surface area (Å²) in [6.45, 7) is 5.48. The second-order valence-electron chi connectivity index (χ2n) is 4.36. The van der Waals surface area contributed by atoms with Crippen molar-refractivity contribution in [3.63, 3.8) is 0 Å². The van der Waals surface area contributed by atoms with E-state index in [4.69, 9.17) is 5.84 Å². The van der Waals surface area contributed by atoms with Gasteiger partial charge in [0.15, 0.2) is 0 Å². The molecule has 0 spiro atoms. The molecule has 0 aromatic carbocycles. The van der Waals surface area contributed by atoms with Crippen LogP contribution >= 0.6 is 0 Å². The Morgan fingerprint density at radius 3 is 2.50 bits per heavy atom. The Morgan fingerprint density at radius 1 is 1.57 bits per heavy atom. The minimum Gasteiger partial charge on any atom is -0.390 e. The van der Waals surface area contributed by atoms with Gasteiger partial charge < -0.3 is 5.11 Å². The van der Waals surface area contributed by atoms with Crippen LogP contribution in [0.25, 0.3) is 0 Å². The van der Waals surface area contributed by atoms with Crippen molar-refractivity contribution in [2.45, 2.75) is 52.1 Å². The van der Waals surface area contributed by atoms with Crippen LogP contribution in [0.4, 0.5) is 0 Å². The predicted octanol–water partition coefficient (Wildman–Crippen LogP) is 0.944. The monoisotopic (exact) mass is 202 g/mol. The first-order valence-corrected chi connectivity index (χ1v) is 5.13. The molecule has 4 N–H and O–H groups in total. The van der Waals surface area contributed by atoms with Crippen LogP contribution in [0.1, 0.15) is 46.5 Å². The average molecular weight is 202 g/mol. The number of hydrogen-bond acceptors (Lipinski definition) is 3. The second-order valence-corrected chi connectivity index (χ2v) is 4.36. The zero-order chi connectivity index (χ0) is 11.2. The summed E-state index contributed by atoms with van der Waals surface area (Å²) >= 11 is 0. The van der Waals surface area contributed by atoms with Crippen molar-refractivity contribution in [1.82, 2.24) is 5.43 Å². The number of carbonyl (C=O) groups is 1. The summed E-state index contributed by atoms with van der Waals surface area (Å²) < 4.78 is 0. The Hall–Kier alpha value is -0.610. The van der Waals surface area contributed by atoms with Gasteiger partial charge in [0.2, 0.25) is 5.91 Å². The standard InChI is InChI=1S/C10H22N2O2/c1-4-5-6-8(9(13)12-11)7-10(2,3)14/h8,14H,4-7,11H2,1-3H3,(H,12,13). The van der Waals surface area contributed by atoms with E-state index in [0.717, 1.165) is 19.3 Å². The van der Waals surface area contributed by atoms with Crippen LogP contribution in [-0.2, 0) is 4.79 Å². The minimum atomic E-state index is -0.815. The Labute approximate surface area is 85.8 Å². The third-order valence-electron chi connectivity index (χ3n) is 2.17. The number of carbonyl (C=O) groups excluding carboxylic acids is 1. The molecule has 0 fully saturated rings. The third kappa shape index (κ3) is 5.94. The van der Waals surface area contributed by atoms with Gasteiger partial charge in [0.05, 0.1) is 5.60 Å². The highest BCUT2D eigenvalue weighted by atomic mass is 16.3. The molecule has 0 aromatic rings. The lowest BCUT2D eigenvalue weighted by molar-refractivity contribution is -0.127. The smallest absolute Gasteiger partial charge is 0.237 e. The van der Waals surface area contributed by atoms with E-state index in [9.17, 15) is 9.90 Å². The van der Waals surface area contributed by atoms with Gasteiger partial charge >= 0.3 is 0 Å². The first kappa shape index (κ1) is 13.4. The largest absolute Gasteiger partial charge is 0.390 e. The Bertz CT molecular complexity index is 175. The topological polar surface area (TPSA) is 75.3 Å². The molecule has 1 atom stereocenters. The first-order valence-electron chi connectivity index (χ1n) is 5.13. The molecule has 0 saturated heterocycles.